The normalized spacial score (nSPS) is 16.3. The lowest BCUT2D eigenvalue weighted by molar-refractivity contribution is -0.117. The van der Waals surface area contributed by atoms with Gasteiger partial charge in [0, 0.05) is 12.1 Å². The molecule has 96 valence electrons. The molecule has 1 aliphatic rings. The summed E-state index contributed by atoms with van der Waals surface area (Å²) in [6.45, 7) is 0.419. The van der Waals surface area contributed by atoms with Crippen LogP contribution in [-0.4, -0.2) is 12.3 Å². The summed E-state index contributed by atoms with van der Waals surface area (Å²) in [7, 11) is 0. The van der Waals surface area contributed by atoms with E-state index in [1.165, 1.54) is 11.1 Å². The van der Waals surface area contributed by atoms with Gasteiger partial charge in [0.25, 0.3) is 0 Å². The highest BCUT2D eigenvalue weighted by Gasteiger charge is 2.26. The number of rotatable bonds is 5. The summed E-state index contributed by atoms with van der Waals surface area (Å²) in [4.78, 5) is 12.0. The zero-order valence-corrected chi connectivity index (χ0v) is 10.8. The van der Waals surface area contributed by atoms with Gasteiger partial charge in [0.15, 0.2) is 5.78 Å². The number of carbonyl (C=O) groups excluding carboxylic acids is 1. The van der Waals surface area contributed by atoms with E-state index < -0.39 is 0 Å². The molecule has 0 heterocycles. The number of nitrogens with one attached hydrogen (secondary N) is 1. The number of para-hydroxylation sites is 1. The Hall–Kier alpha value is -2.09. The first-order valence-electron chi connectivity index (χ1n) is 6.71. The smallest absolute Gasteiger partial charge is 0.152 e. The van der Waals surface area contributed by atoms with Gasteiger partial charge in [0.2, 0.25) is 0 Å². The average molecular weight is 251 g/mol. The first-order valence-corrected chi connectivity index (χ1v) is 6.71. The van der Waals surface area contributed by atoms with E-state index in [9.17, 15) is 4.79 Å². The molecule has 0 radical (unpaired) electrons. The van der Waals surface area contributed by atoms with E-state index in [4.69, 9.17) is 0 Å². The molecule has 0 aromatic heterocycles. The quantitative estimate of drug-likeness (QED) is 0.882. The van der Waals surface area contributed by atoms with Crippen molar-refractivity contribution in [2.75, 3.05) is 11.9 Å². The van der Waals surface area contributed by atoms with Gasteiger partial charge < -0.3 is 5.32 Å². The highest BCUT2D eigenvalue weighted by Crippen LogP contribution is 2.37. The van der Waals surface area contributed by atoms with Gasteiger partial charge in [-0.1, -0.05) is 42.5 Å². The number of benzene rings is 2. The van der Waals surface area contributed by atoms with Crippen molar-refractivity contribution in [3.8, 4) is 0 Å². The summed E-state index contributed by atoms with van der Waals surface area (Å²) >= 11 is 0. The Balaban J connectivity index is 1.51. The van der Waals surface area contributed by atoms with Crippen molar-refractivity contribution in [3.63, 3.8) is 0 Å². The SMILES string of the molecule is O=C(CNc1ccccc1)CC1Cc2ccccc21. The van der Waals surface area contributed by atoms with Crippen LogP contribution in [0.1, 0.15) is 23.5 Å². The topological polar surface area (TPSA) is 29.1 Å². The van der Waals surface area contributed by atoms with Crippen LogP contribution in [0.25, 0.3) is 0 Å². The Kier molecular flexibility index (Phi) is 3.32. The minimum absolute atomic E-state index is 0.281. The molecule has 0 spiro atoms. The molecule has 0 saturated heterocycles. The standard InChI is InChI=1S/C17H17NO/c19-16(12-18-15-7-2-1-3-8-15)11-14-10-13-6-4-5-9-17(13)14/h1-9,14,18H,10-12H2. The van der Waals surface area contributed by atoms with E-state index in [2.05, 4.69) is 29.6 Å². The second-order valence-corrected chi connectivity index (χ2v) is 5.06. The van der Waals surface area contributed by atoms with Crippen molar-refractivity contribution in [3.05, 3.63) is 65.7 Å². The van der Waals surface area contributed by atoms with Crippen LogP contribution in [-0.2, 0) is 11.2 Å². The molecule has 2 aromatic rings. The van der Waals surface area contributed by atoms with Crippen LogP contribution in [0, 0.1) is 0 Å². The summed E-state index contributed by atoms with van der Waals surface area (Å²) < 4.78 is 0. The lowest BCUT2D eigenvalue weighted by Gasteiger charge is -2.29. The largest absolute Gasteiger partial charge is 0.378 e. The molecule has 19 heavy (non-hydrogen) atoms. The Morgan fingerprint density at radius 2 is 1.79 bits per heavy atom. The number of hydrogen-bond acceptors (Lipinski definition) is 2. The minimum Gasteiger partial charge on any atom is -0.378 e. The fourth-order valence-corrected chi connectivity index (χ4v) is 2.65. The maximum atomic E-state index is 12.0. The summed E-state index contributed by atoms with van der Waals surface area (Å²) in [6, 6.07) is 18.3. The van der Waals surface area contributed by atoms with E-state index in [-0.39, 0.29) is 5.78 Å². The molecule has 1 atom stereocenters. The van der Waals surface area contributed by atoms with E-state index in [0.29, 0.717) is 18.9 Å². The first-order chi connectivity index (χ1) is 9.33. The Morgan fingerprint density at radius 3 is 2.58 bits per heavy atom. The lowest BCUT2D eigenvalue weighted by Crippen LogP contribution is -2.23. The van der Waals surface area contributed by atoms with Crippen LogP contribution in [0.3, 0.4) is 0 Å². The number of hydrogen-bond donors (Lipinski definition) is 1. The maximum absolute atomic E-state index is 12.0. The van der Waals surface area contributed by atoms with E-state index >= 15 is 0 Å². The number of fused-ring (bicyclic) bond motifs is 1. The molecule has 1 N–H and O–H groups in total. The van der Waals surface area contributed by atoms with Crippen molar-refractivity contribution in [1.82, 2.24) is 0 Å². The Bertz CT molecular complexity index is 577. The number of Topliss-reactive ketones (excluding diaryl/α,β-unsaturated/α-hetero) is 1. The van der Waals surface area contributed by atoms with Crippen LogP contribution in [0.15, 0.2) is 54.6 Å². The molecule has 1 unspecified atom stereocenters. The highest BCUT2D eigenvalue weighted by atomic mass is 16.1. The lowest BCUT2D eigenvalue weighted by atomic mass is 9.75. The molecule has 2 heteroatoms. The van der Waals surface area contributed by atoms with Crippen LogP contribution in [0.2, 0.25) is 0 Å². The molecule has 3 rings (SSSR count). The summed E-state index contributed by atoms with van der Waals surface area (Å²) in [6.07, 6.45) is 1.70. The molecule has 2 nitrogen and oxygen atoms in total. The predicted molar refractivity (Wildman–Crippen MR) is 77.4 cm³/mol. The first kappa shape index (κ1) is 12.0. The Morgan fingerprint density at radius 1 is 1.05 bits per heavy atom. The second kappa shape index (κ2) is 5.27. The van der Waals surface area contributed by atoms with Crippen molar-refractivity contribution in [2.45, 2.75) is 18.8 Å². The Labute approximate surface area is 113 Å². The third kappa shape index (κ3) is 2.68. The number of anilines is 1. The molecule has 0 saturated carbocycles. The summed E-state index contributed by atoms with van der Waals surface area (Å²) in [5, 5.41) is 3.17. The fourth-order valence-electron chi connectivity index (χ4n) is 2.65. The van der Waals surface area contributed by atoms with E-state index in [1.807, 2.05) is 30.3 Å². The van der Waals surface area contributed by atoms with Gasteiger partial charge >= 0.3 is 0 Å². The molecular formula is C17H17NO. The average Bonchev–Trinajstić information content (AvgIpc) is 2.44. The molecule has 0 bridgehead atoms. The van der Waals surface area contributed by atoms with Gasteiger partial charge in [-0.2, -0.15) is 0 Å². The van der Waals surface area contributed by atoms with Crippen LogP contribution in [0.5, 0.6) is 0 Å². The van der Waals surface area contributed by atoms with Gasteiger partial charge in [0.1, 0.15) is 0 Å². The molecule has 0 amide bonds. The van der Waals surface area contributed by atoms with Gasteiger partial charge in [-0.05, 0) is 35.6 Å². The molecule has 0 aliphatic heterocycles. The van der Waals surface area contributed by atoms with Gasteiger partial charge in [-0.25, -0.2) is 0 Å². The second-order valence-electron chi connectivity index (χ2n) is 5.06. The summed E-state index contributed by atoms with van der Waals surface area (Å²) in [5.74, 6) is 0.713. The monoisotopic (exact) mass is 251 g/mol. The third-order valence-electron chi connectivity index (χ3n) is 3.70. The molecular weight excluding hydrogens is 234 g/mol. The molecule has 0 fully saturated rings. The molecule has 2 aromatic carbocycles. The van der Waals surface area contributed by atoms with Crippen LogP contribution >= 0.6 is 0 Å². The summed E-state index contributed by atoms with van der Waals surface area (Å²) in [5.41, 5.74) is 3.76. The van der Waals surface area contributed by atoms with Crippen molar-refractivity contribution in [2.24, 2.45) is 0 Å². The van der Waals surface area contributed by atoms with Crippen molar-refractivity contribution in [1.29, 1.82) is 0 Å². The third-order valence-corrected chi connectivity index (χ3v) is 3.70. The van der Waals surface area contributed by atoms with Crippen molar-refractivity contribution >= 4 is 11.5 Å². The zero-order valence-electron chi connectivity index (χ0n) is 10.8. The predicted octanol–water partition coefficient (Wildman–Crippen LogP) is 3.40. The zero-order chi connectivity index (χ0) is 13.1. The van der Waals surface area contributed by atoms with Crippen molar-refractivity contribution < 1.29 is 4.79 Å². The van der Waals surface area contributed by atoms with Crippen LogP contribution < -0.4 is 5.32 Å². The van der Waals surface area contributed by atoms with E-state index in [1.54, 1.807) is 0 Å². The minimum atomic E-state index is 0.281. The number of ketones is 1. The van der Waals surface area contributed by atoms with Gasteiger partial charge in [0.05, 0.1) is 6.54 Å². The van der Waals surface area contributed by atoms with Crippen LogP contribution in [0.4, 0.5) is 5.69 Å². The molecule has 1 aliphatic carbocycles. The number of carbonyl (C=O) groups is 1. The van der Waals surface area contributed by atoms with Gasteiger partial charge in [-0.3, -0.25) is 4.79 Å². The maximum Gasteiger partial charge on any atom is 0.152 e. The highest BCUT2D eigenvalue weighted by molar-refractivity contribution is 5.84. The van der Waals surface area contributed by atoms with E-state index in [0.717, 1.165) is 12.1 Å². The van der Waals surface area contributed by atoms with Gasteiger partial charge in [-0.15, -0.1) is 0 Å². The fraction of sp³-hybridized carbons (Fsp3) is 0.235.